The largest absolute Gasteiger partial charge is 0.480 e. The topological polar surface area (TPSA) is 57.6 Å². The summed E-state index contributed by atoms with van der Waals surface area (Å²) in [6, 6.07) is 1.42. The number of aliphatic carboxylic acids is 1. The van der Waals surface area contributed by atoms with Gasteiger partial charge in [-0.05, 0) is 49.1 Å². The number of carbonyl (C=O) groups is 2. The van der Waals surface area contributed by atoms with Crippen LogP contribution in [0.2, 0.25) is 0 Å². The van der Waals surface area contributed by atoms with Crippen molar-refractivity contribution >= 4 is 23.2 Å². The molecule has 1 aromatic heterocycles. The van der Waals surface area contributed by atoms with Crippen LogP contribution in [0.25, 0.3) is 0 Å². The second-order valence-corrected chi connectivity index (χ2v) is 6.27. The third kappa shape index (κ3) is 2.16. The summed E-state index contributed by atoms with van der Waals surface area (Å²) in [6.45, 7) is 0.589. The molecule has 1 fully saturated rings. The molecule has 0 aromatic carbocycles. The number of aryl methyl sites for hydroxylation is 1. The van der Waals surface area contributed by atoms with Crippen LogP contribution in [0.1, 0.15) is 42.0 Å². The highest BCUT2D eigenvalue weighted by Crippen LogP contribution is 2.37. The number of carboxylic acids is 1. The molecule has 2 heterocycles. The van der Waals surface area contributed by atoms with E-state index in [0.717, 1.165) is 31.2 Å². The Morgan fingerprint density at radius 2 is 2.16 bits per heavy atom. The maximum Gasteiger partial charge on any atom is 0.326 e. The Morgan fingerprint density at radius 3 is 2.95 bits per heavy atom. The average molecular weight is 279 g/mol. The van der Waals surface area contributed by atoms with Gasteiger partial charge in [0.25, 0.3) is 0 Å². The van der Waals surface area contributed by atoms with E-state index in [0.29, 0.717) is 13.0 Å². The van der Waals surface area contributed by atoms with Crippen molar-refractivity contribution in [3.63, 3.8) is 0 Å². The maximum absolute atomic E-state index is 12.6. The minimum absolute atomic E-state index is 0.0178. The fourth-order valence-electron chi connectivity index (χ4n) is 3.23. The lowest BCUT2D eigenvalue weighted by atomic mass is 9.86. The van der Waals surface area contributed by atoms with Crippen LogP contribution in [0.15, 0.2) is 11.4 Å². The molecule has 2 atom stereocenters. The predicted octanol–water partition coefficient (Wildman–Crippen LogP) is 2.24. The van der Waals surface area contributed by atoms with Gasteiger partial charge in [-0.2, -0.15) is 0 Å². The van der Waals surface area contributed by atoms with E-state index in [1.807, 2.05) is 11.4 Å². The Labute approximate surface area is 116 Å². The number of hydrogen-bond acceptors (Lipinski definition) is 3. The first-order valence-corrected chi connectivity index (χ1v) is 7.66. The number of fused-ring (bicyclic) bond motifs is 1. The molecule has 0 radical (unpaired) electrons. The van der Waals surface area contributed by atoms with Crippen molar-refractivity contribution in [3.05, 3.63) is 21.9 Å². The summed E-state index contributed by atoms with van der Waals surface area (Å²) in [5, 5.41) is 11.2. The molecular formula is C14H17NO3S. The van der Waals surface area contributed by atoms with Crippen LogP contribution < -0.4 is 0 Å². The predicted molar refractivity (Wildman–Crippen MR) is 72.4 cm³/mol. The smallest absolute Gasteiger partial charge is 0.326 e. The highest BCUT2D eigenvalue weighted by molar-refractivity contribution is 7.10. The van der Waals surface area contributed by atoms with E-state index >= 15 is 0 Å². The summed E-state index contributed by atoms with van der Waals surface area (Å²) in [7, 11) is 0. The fraction of sp³-hybridized carbons (Fsp3) is 0.571. The summed E-state index contributed by atoms with van der Waals surface area (Å²) in [6.07, 6.45) is 4.32. The van der Waals surface area contributed by atoms with Gasteiger partial charge < -0.3 is 10.0 Å². The Kier molecular flexibility index (Phi) is 3.31. The van der Waals surface area contributed by atoms with Crippen molar-refractivity contribution in [1.29, 1.82) is 0 Å². The van der Waals surface area contributed by atoms with Crippen LogP contribution in [0.3, 0.4) is 0 Å². The summed E-state index contributed by atoms with van der Waals surface area (Å²) in [4.78, 5) is 26.7. The molecule has 1 unspecified atom stereocenters. The van der Waals surface area contributed by atoms with Gasteiger partial charge in [-0.1, -0.05) is 0 Å². The fourth-order valence-corrected chi connectivity index (χ4v) is 4.22. The Balaban J connectivity index is 1.84. The van der Waals surface area contributed by atoms with Gasteiger partial charge in [0.2, 0.25) is 5.91 Å². The molecule has 1 aliphatic heterocycles. The van der Waals surface area contributed by atoms with Gasteiger partial charge in [-0.25, -0.2) is 4.79 Å². The number of rotatable bonds is 2. The third-order valence-corrected chi connectivity index (χ3v) is 5.17. The summed E-state index contributed by atoms with van der Waals surface area (Å²) in [5.74, 6) is -0.966. The van der Waals surface area contributed by atoms with Crippen LogP contribution in [0, 0.1) is 0 Å². The number of likely N-dealkylation sites (tertiary alicyclic amines) is 1. The third-order valence-electron chi connectivity index (χ3n) is 4.17. The van der Waals surface area contributed by atoms with Gasteiger partial charge in [-0.3, -0.25) is 4.79 Å². The van der Waals surface area contributed by atoms with E-state index in [2.05, 4.69) is 0 Å². The normalized spacial score (nSPS) is 26.2. The van der Waals surface area contributed by atoms with Crippen molar-refractivity contribution in [2.75, 3.05) is 6.54 Å². The quantitative estimate of drug-likeness (QED) is 0.903. The highest BCUT2D eigenvalue weighted by Gasteiger charge is 2.38. The van der Waals surface area contributed by atoms with Crippen LogP contribution in [0.5, 0.6) is 0 Å². The number of carboxylic acid groups (broad SMARTS) is 1. The minimum atomic E-state index is -0.868. The van der Waals surface area contributed by atoms with E-state index in [9.17, 15) is 14.7 Å². The molecule has 19 heavy (non-hydrogen) atoms. The zero-order valence-corrected chi connectivity index (χ0v) is 11.5. The Hall–Kier alpha value is -1.36. The first-order valence-electron chi connectivity index (χ1n) is 6.78. The van der Waals surface area contributed by atoms with E-state index in [4.69, 9.17) is 0 Å². The van der Waals surface area contributed by atoms with Gasteiger partial charge in [-0.15, -0.1) is 11.3 Å². The molecule has 3 rings (SSSR count). The molecule has 4 nitrogen and oxygen atoms in total. The molecule has 0 spiro atoms. The van der Waals surface area contributed by atoms with Gasteiger partial charge in [0.1, 0.15) is 6.04 Å². The van der Waals surface area contributed by atoms with E-state index in [-0.39, 0.29) is 11.8 Å². The SMILES string of the molecule is O=C(O)[C@@H]1CCCN1C(=O)C1CCCc2sccc21. The van der Waals surface area contributed by atoms with Gasteiger partial charge in [0, 0.05) is 11.4 Å². The number of thiophene rings is 1. The number of amides is 1. The van der Waals surface area contributed by atoms with E-state index in [1.165, 1.54) is 4.88 Å². The second kappa shape index (κ2) is 4.96. The number of carbonyl (C=O) groups excluding carboxylic acids is 1. The molecule has 2 aliphatic rings. The zero-order chi connectivity index (χ0) is 13.4. The molecule has 0 bridgehead atoms. The van der Waals surface area contributed by atoms with Crippen molar-refractivity contribution in [2.24, 2.45) is 0 Å². The van der Waals surface area contributed by atoms with Crippen molar-refractivity contribution in [2.45, 2.75) is 44.1 Å². The van der Waals surface area contributed by atoms with Crippen molar-refractivity contribution in [3.8, 4) is 0 Å². The zero-order valence-electron chi connectivity index (χ0n) is 10.7. The monoisotopic (exact) mass is 279 g/mol. The molecule has 1 N–H and O–H groups in total. The van der Waals surface area contributed by atoms with Crippen LogP contribution >= 0.6 is 11.3 Å². The first kappa shape index (κ1) is 12.7. The molecule has 102 valence electrons. The van der Waals surface area contributed by atoms with E-state index in [1.54, 1.807) is 16.2 Å². The molecule has 0 saturated carbocycles. The van der Waals surface area contributed by atoms with Crippen molar-refractivity contribution in [1.82, 2.24) is 4.90 Å². The molecule has 1 aliphatic carbocycles. The average Bonchev–Trinajstić information content (AvgIpc) is 3.05. The number of nitrogens with zero attached hydrogens (tertiary/aromatic N) is 1. The second-order valence-electron chi connectivity index (χ2n) is 5.27. The van der Waals surface area contributed by atoms with E-state index < -0.39 is 12.0 Å². The summed E-state index contributed by atoms with van der Waals surface area (Å²) < 4.78 is 0. The Bertz CT molecular complexity index is 511. The van der Waals surface area contributed by atoms with Gasteiger partial charge in [0.15, 0.2) is 0 Å². The van der Waals surface area contributed by atoms with Crippen LogP contribution in [-0.4, -0.2) is 34.5 Å². The lowest BCUT2D eigenvalue weighted by Gasteiger charge is -2.29. The lowest BCUT2D eigenvalue weighted by molar-refractivity contribution is -0.148. The van der Waals surface area contributed by atoms with Crippen LogP contribution in [0.4, 0.5) is 0 Å². The maximum atomic E-state index is 12.6. The first-order chi connectivity index (χ1) is 9.18. The molecule has 1 amide bonds. The number of hydrogen-bond donors (Lipinski definition) is 1. The molecule has 1 saturated heterocycles. The Morgan fingerprint density at radius 1 is 1.32 bits per heavy atom. The minimum Gasteiger partial charge on any atom is -0.480 e. The lowest BCUT2D eigenvalue weighted by Crippen LogP contribution is -2.43. The van der Waals surface area contributed by atoms with Crippen LogP contribution in [-0.2, 0) is 16.0 Å². The molecule has 5 heteroatoms. The summed E-state index contributed by atoms with van der Waals surface area (Å²) in [5.41, 5.74) is 1.14. The molecular weight excluding hydrogens is 262 g/mol. The van der Waals surface area contributed by atoms with Crippen molar-refractivity contribution < 1.29 is 14.7 Å². The molecule has 1 aromatic rings. The van der Waals surface area contributed by atoms with Gasteiger partial charge in [0.05, 0.1) is 5.92 Å². The standard InChI is InChI=1S/C14H17NO3S/c16-13(15-7-2-4-11(15)14(17)18)10-3-1-5-12-9(10)6-8-19-12/h6,8,10-11H,1-5,7H2,(H,17,18)/t10?,11-/m0/s1. The summed E-state index contributed by atoms with van der Waals surface area (Å²) >= 11 is 1.71. The highest BCUT2D eigenvalue weighted by atomic mass is 32.1. The van der Waals surface area contributed by atoms with Gasteiger partial charge >= 0.3 is 5.97 Å².